The van der Waals surface area contributed by atoms with E-state index in [0.29, 0.717) is 72.3 Å². The first-order valence-corrected chi connectivity index (χ1v) is 17.0. The van der Waals surface area contributed by atoms with Gasteiger partial charge in [-0.3, -0.25) is 9.59 Å². The Balaban J connectivity index is 1.25. The standard InChI is InChI=1S/C36H38Cl2N10O2/c1-21-27(7-5-9-29(21)33-43-35-31(37)15-25(19-47(35)45-33)17-39-11-13-41-23(3)49)28-8-6-10-30(22(28)2)34-44-36-32(38)16-26(20-48(36)46-34)18-40-12-14-42-24(4)50/h5-10,15-16,19-20,39-40H,11-14,17-18H2,1-4H3,(H,41,49)(H,42,50). The summed E-state index contributed by atoms with van der Waals surface area (Å²) in [6.45, 7) is 10.6. The first kappa shape index (κ1) is 35.0. The van der Waals surface area contributed by atoms with E-state index in [1.54, 1.807) is 9.03 Å². The minimum atomic E-state index is -0.0561. The Hall–Kier alpha value is -4.88. The SMILES string of the molecule is CC(=O)NCCNCc1cc(Cl)c2nc(-c3cccc(-c4cccc(-c5nc6c(Cl)cc(CNCCNC(C)=O)cn6n5)c4C)c3C)nn2c1. The average molecular weight is 714 g/mol. The molecule has 0 radical (unpaired) electrons. The zero-order valence-corrected chi connectivity index (χ0v) is 29.8. The monoisotopic (exact) mass is 712 g/mol. The van der Waals surface area contributed by atoms with Crippen molar-refractivity contribution in [3.8, 4) is 33.9 Å². The van der Waals surface area contributed by atoms with E-state index in [1.807, 2.05) is 48.8 Å². The molecule has 4 N–H and O–H groups in total. The van der Waals surface area contributed by atoms with Crippen molar-refractivity contribution in [3.05, 3.63) is 93.2 Å². The van der Waals surface area contributed by atoms with Gasteiger partial charge in [0.2, 0.25) is 11.8 Å². The molecule has 4 heterocycles. The fraction of sp³-hybridized carbons (Fsp3) is 0.278. The van der Waals surface area contributed by atoms with Gasteiger partial charge in [-0.1, -0.05) is 59.6 Å². The topological polar surface area (TPSA) is 143 Å². The fourth-order valence-corrected chi connectivity index (χ4v) is 6.41. The highest BCUT2D eigenvalue weighted by Crippen LogP contribution is 2.36. The van der Waals surface area contributed by atoms with E-state index in [1.165, 1.54) is 13.8 Å². The lowest BCUT2D eigenvalue weighted by Gasteiger charge is -2.14. The lowest BCUT2D eigenvalue weighted by Crippen LogP contribution is -2.29. The zero-order chi connectivity index (χ0) is 35.4. The molecular weight excluding hydrogens is 675 g/mol. The molecule has 258 valence electrons. The Bertz CT molecular complexity index is 2060. The van der Waals surface area contributed by atoms with Crippen LogP contribution in [0.3, 0.4) is 0 Å². The molecule has 12 nitrogen and oxygen atoms in total. The third-order valence-corrected chi connectivity index (χ3v) is 8.90. The highest BCUT2D eigenvalue weighted by Gasteiger charge is 2.19. The second kappa shape index (κ2) is 15.3. The van der Waals surface area contributed by atoms with Crippen molar-refractivity contribution in [2.24, 2.45) is 0 Å². The third-order valence-electron chi connectivity index (χ3n) is 8.34. The number of aromatic nitrogens is 6. The molecule has 6 rings (SSSR count). The second-order valence-corrected chi connectivity index (χ2v) is 12.9. The molecule has 0 bridgehead atoms. The minimum absolute atomic E-state index is 0.0561. The lowest BCUT2D eigenvalue weighted by molar-refractivity contribution is -0.119. The smallest absolute Gasteiger partial charge is 0.216 e. The van der Waals surface area contributed by atoms with Crippen LogP contribution in [-0.2, 0) is 22.7 Å². The molecule has 2 amide bonds. The second-order valence-electron chi connectivity index (χ2n) is 12.1. The van der Waals surface area contributed by atoms with Gasteiger partial charge >= 0.3 is 0 Å². The average Bonchev–Trinajstić information content (AvgIpc) is 3.70. The number of hydrogen-bond donors (Lipinski definition) is 4. The Kier molecular flexibility index (Phi) is 10.7. The summed E-state index contributed by atoms with van der Waals surface area (Å²) in [6.07, 6.45) is 3.83. The molecule has 0 aliphatic carbocycles. The number of rotatable bonds is 13. The van der Waals surface area contributed by atoms with Gasteiger partial charge in [-0.15, -0.1) is 10.2 Å². The van der Waals surface area contributed by atoms with E-state index >= 15 is 0 Å². The summed E-state index contributed by atoms with van der Waals surface area (Å²) in [4.78, 5) is 31.8. The van der Waals surface area contributed by atoms with E-state index in [9.17, 15) is 9.59 Å². The summed E-state index contributed by atoms with van der Waals surface area (Å²) in [6, 6.07) is 16.0. The third kappa shape index (κ3) is 7.79. The van der Waals surface area contributed by atoms with Crippen LogP contribution >= 0.6 is 23.2 Å². The van der Waals surface area contributed by atoms with Crippen LogP contribution in [0.5, 0.6) is 0 Å². The van der Waals surface area contributed by atoms with Gasteiger partial charge in [0.25, 0.3) is 0 Å². The first-order valence-electron chi connectivity index (χ1n) is 16.3. The van der Waals surface area contributed by atoms with Gasteiger partial charge in [-0.05, 0) is 59.4 Å². The molecule has 0 fully saturated rings. The van der Waals surface area contributed by atoms with Gasteiger partial charge < -0.3 is 21.3 Å². The molecule has 0 atom stereocenters. The molecule has 0 aliphatic heterocycles. The summed E-state index contributed by atoms with van der Waals surface area (Å²) < 4.78 is 3.43. The van der Waals surface area contributed by atoms with Crippen LogP contribution in [0.2, 0.25) is 10.0 Å². The van der Waals surface area contributed by atoms with E-state index in [0.717, 1.165) is 44.5 Å². The Morgan fingerprint density at radius 3 is 1.44 bits per heavy atom. The Morgan fingerprint density at radius 2 is 1.04 bits per heavy atom. The van der Waals surface area contributed by atoms with Gasteiger partial charge in [0, 0.05) is 76.6 Å². The van der Waals surface area contributed by atoms with Gasteiger partial charge in [-0.25, -0.2) is 19.0 Å². The molecule has 4 aromatic heterocycles. The van der Waals surface area contributed by atoms with E-state index in [4.69, 9.17) is 43.4 Å². The number of hydrogen-bond acceptors (Lipinski definition) is 8. The number of fused-ring (bicyclic) bond motifs is 2. The van der Waals surface area contributed by atoms with Gasteiger partial charge in [0.15, 0.2) is 22.9 Å². The molecule has 0 saturated heterocycles. The van der Waals surface area contributed by atoms with Crippen molar-refractivity contribution in [2.75, 3.05) is 26.2 Å². The van der Waals surface area contributed by atoms with Crippen molar-refractivity contribution < 1.29 is 9.59 Å². The molecule has 14 heteroatoms. The maximum atomic E-state index is 11.1. The minimum Gasteiger partial charge on any atom is -0.355 e. The van der Waals surface area contributed by atoms with Crippen molar-refractivity contribution in [1.29, 1.82) is 0 Å². The zero-order valence-electron chi connectivity index (χ0n) is 28.3. The van der Waals surface area contributed by atoms with Gasteiger partial charge in [0.05, 0.1) is 10.0 Å². The molecule has 0 spiro atoms. The van der Waals surface area contributed by atoms with Crippen LogP contribution in [0.1, 0.15) is 36.1 Å². The van der Waals surface area contributed by atoms with Crippen LogP contribution in [0.25, 0.3) is 45.2 Å². The van der Waals surface area contributed by atoms with Gasteiger partial charge in [0.1, 0.15) is 0 Å². The van der Waals surface area contributed by atoms with Crippen molar-refractivity contribution in [3.63, 3.8) is 0 Å². The number of benzene rings is 2. The number of nitrogens with zero attached hydrogens (tertiary/aromatic N) is 6. The number of halogens is 2. The molecule has 2 aromatic carbocycles. The molecule has 0 unspecified atom stereocenters. The van der Waals surface area contributed by atoms with Crippen LogP contribution in [0, 0.1) is 13.8 Å². The van der Waals surface area contributed by atoms with Crippen molar-refractivity contribution >= 4 is 46.3 Å². The van der Waals surface area contributed by atoms with E-state index in [-0.39, 0.29) is 11.8 Å². The van der Waals surface area contributed by atoms with Crippen LogP contribution < -0.4 is 21.3 Å². The quantitative estimate of drug-likeness (QED) is 0.121. The summed E-state index contributed by atoms with van der Waals surface area (Å²) in [5.74, 6) is 1.04. The molecular formula is C36H38Cl2N10O2. The fourth-order valence-electron chi connectivity index (χ4n) is 5.88. The van der Waals surface area contributed by atoms with Gasteiger partial charge in [-0.2, -0.15) is 0 Å². The summed E-state index contributed by atoms with van der Waals surface area (Å²) in [5, 5.41) is 22.8. The van der Waals surface area contributed by atoms with Crippen molar-refractivity contribution in [2.45, 2.75) is 40.8 Å². The van der Waals surface area contributed by atoms with Crippen molar-refractivity contribution in [1.82, 2.24) is 50.5 Å². The molecule has 6 aromatic rings. The number of carbonyl (C=O) groups is 2. The maximum absolute atomic E-state index is 11.1. The van der Waals surface area contributed by atoms with E-state index in [2.05, 4.69) is 47.2 Å². The normalized spacial score (nSPS) is 11.4. The maximum Gasteiger partial charge on any atom is 0.216 e. The summed E-state index contributed by atoms with van der Waals surface area (Å²) >= 11 is 13.3. The first-order chi connectivity index (χ1) is 24.1. The number of pyridine rings is 2. The number of nitrogens with one attached hydrogen (secondary N) is 4. The predicted molar refractivity (Wildman–Crippen MR) is 196 cm³/mol. The van der Waals surface area contributed by atoms with Crippen LogP contribution in [0.4, 0.5) is 0 Å². The summed E-state index contributed by atoms with van der Waals surface area (Å²) in [7, 11) is 0. The predicted octanol–water partition coefficient (Wildman–Crippen LogP) is 5.15. The highest BCUT2D eigenvalue weighted by atomic mass is 35.5. The molecule has 0 saturated carbocycles. The molecule has 50 heavy (non-hydrogen) atoms. The number of carbonyl (C=O) groups excluding carboxylic acids is 2. The largest absolute Gasteiger partial charge is 0.355 e. The Labute approximate surface area is 299 Å². The Morgan fingerprint density at radius 1 is 0.640 bits per heavy atom. The molecule has 0 aliphatic rings. The van der Waals surface area contributed by atoms with Crippen LogP contribution in [0.15, 0.2) is 60.9 Å². The highest BCUT2D eigenvalue weighted by molar-refractivity contribution is 6.33. The van der Waals surface area contributed by atoms with E-state index < -0.39 is 0 Å². The summed E-state index contributed by atoms with van der Waals surface area (Å²) in [5.41, 5.74) is 9.01. The number of amides is 2. The lowest BCUT2D eigenvalue weighted by atomic mass is 9.91. The van der Waals surface area contributed by atoms with Crippen LogP contribution in [-0.4, -0.2) is 67.2 Å².